The second-order valence-electron chi connectivity index (χ2n) is 4.80. The lowest BCUT2D eigenvalue weighted by atomic mass is 10.1. The van der Waals surface area contributed by atoms with Gasteiger partial charge in [0.2, 0.25) is 0 Å². The van der Waals surface area contributed by atoms with Crippen LogP contribution in [-0.4, -0.2) is 67.6 Å². The first-order valence-electron chi connectivity index (χ1n) is 7.88. The van der Waals surface area contributed by atoms with Crippen LogP contribution in [-0.2, 0) is 13.7 Å². The summed E-state index contributed by atoms with van der Waals surface area (Å²) in [6.07, 6.45) is 6.48. The van der Waals surface area contributed by atoms with Gasteiger partial charge < -0.3 is 40.0 Å². The Morgan fingerprint density at radius 3 is 1.56 bits per heavy atom. The van der Waals surface area contributed by atoms with Gasteiger partial charge in [-0.25, -0.2) is 9.13 Å². The normalized spacial score (nSPS) is 11.2. The quantitative estimate of drug-likeness (QED) is 0.159. The lowest BCUT2D eigenvalue weighted by molar-refractivity contribution is 0.193. The Hall–Kier alpha value is 0.100. The van der Waals surface area contributed by atoms with E-state index in [-0.39, 0.29) is 19.8 Å². The van der Waals surface area contributed by atoms with E-state index in [1.807, 2.05) is 0 Å². The molecule has 0 aliphatic carbocycles. The summed E-state index contributed by atoms with van der Waals surface area (Å²) in [4.78, 5) is 38.3. The molecule has 0 heterocycles. The van der Waals surface area contributed by atoms with Gasteiger partial charge in [0.05, 0.1) is 19.8 Å². The molecular formula is C12H33NO10P2. The van der Waals surface area contributed by atoms with Crippen LogP contribution in [0, 0.1) is 0 Å². The van der Waals surface area contributed by atoms with Crippen molar-refractivity contribution in [2.75, 3.05) is 32.9 Å². The van der Waals surface area contributed by atoms with Crippen LogP contribution < -0.4 is 5.32 Å². The Morgan fingerprint density at radius 1 is 0.800 bits per heavy atom. The summed E-state index contributed by atoms with van der Waals surface area (Å²) in [5.74, 6) is 0. The highest BCUT2D eigenvalue weighted by atomic mass is 31.2. The molecule has 13 heteroatoms. The topological polar surface area (TPSA) is 197 Å². The maximum Gasteiger partial charge on any atom is 0.469 e. The maximum atomic E-state index is 10.2. The fourth-order valence-electron chi connectivity index (χ4n) is 1.35. The molecule has 0 fully saturated rings. The first kappa shape index (κ1) is 29.8. The van der Waals surface area contributed by atoms with E-state index in [0.717, 1.165) is 19.3 Å². The number of hydrogen-bond donors (Lipinski definition) is 8. The van der Waals surface area contributed by atoms with E-state index in [0.29, 0.717) is 13.1 Å². The standard InChI is InChI=1S/C8H19O4P.C4H11NO2.H3O4P/c1-2-3-4-5-6-7-8-12-13(9,10)11;6-3-1-5-2-4-7;1-5(2,3)4/h2-8H2,1H3,(H2,9,10,11);5-7H,1-4H2;(H3,1,2,3,4). The molecule has 0 aromatic heterocycles. The smallest absolute Gasteiger partial charge is 0.395 e. The molecule has 0 aliphatic rings. The van der Waals surface area contributed by atoms with Gasteiger partial charge in [-0.3, -0.25) is 4.52 Å². The number of aliphatic hydroxyl groups excluding tert-OH is 2. The van der Waals surface area contributed by atoms with E-state index in [1.165, 1.54) is 19.3 Å². The molecule has 0 amide bonds. The van der Waals surface area contributed by atoms with Gasteiger partial charge in [-0.05, 0) is 6.42 Å². The Morgan fingerprint density at radius 2 is 1.20 bits per heavy atom. The minimum absolute atomic E-state index is 0.139. The van der Waals surface area contributed by atoms with Crippen LogP contribution in [0.2, 0.25) is 0 Å². The first-order valence-corrected chi connectivity index (χ1v) is 11.0. The Bertz CT molecular complexity index is 335. The van der Waals surface area contributed by atoms with Gasteiger partial charge >= 0.3 is 15.6 Å². The summed E-state index contributed by atoms with van der Waals surface area (Å²) >= 11 is 0. The first-order chi connectivity index (χ1) is 11.5. The second-order valence-corrected chi connectivity index (χ2v) is 7.07. The van der Waals surface area contributed by atoms with E-state index in [9.17, 15) is 4.57 Å². The molecule has 0 unspecified atom stereocenters. The van der Waals surface area contributed by atoms with Crippen molar-refractivity contribution in [3.63, 3.8) is 0 Å². The Labute approximate surface area is 148 Å². The highest BCUT2D eigenvalue weighted by Gasteiger charge is 2.12. The molecule has 0 aromatic rings. The fraction of sp³-hybridized carbons (Fsp3) is 1.00. The van der Waals surface area contributed by atoms with Crippen LogP contribution in [0.3, 0.4) is 0 Å². The van der Waals surface area contributed by atoms with Gasteiger partial charge in [-0.1, -0.05) is 39.0 Å². The molecule has 0 aromatic carbocycles. The van der Waals surface area contributed by atoms with Crippen molar-refractivity contribution in [1.82, 2.24) is 5.32 Å². The summed E-state index contributed by atoms with van der Waals surface area (Å²) in [6.45, 7) is 3.73. The van der Waals surface area contributed by atoms with E-state index in [1.54, 1.807) is 0 Å². The molecule has 8 N–H and O–H groups in total. The molecule has 0 radical (unpaired) electrons. The molecule has 0 saturated carbocycles. The lowest BCUT2D eigenvalue weighted by Gasteiger charge is -2.04. The number of nitrogens with one attached hydrogen (secondary N) is 1. The van der Waals surface area contributed by atoms with Gasteiger partial charge in [0.25, 0.3) is 0 Å². The highest BCUT2D eigenvalue weighted by molar-refractivity contribution is 7.46. The van der Waals surface area contributed by atoms with Crippen molar-refractivity contribution in [3.05, 3.63) is 0 Å². The third kappa shape index (κ3) is 59.2. The van der Waals surface area contributed by atoms with Crippen molar-refractivity contribution in [1.29, 1.82) is 0 Å². The highest BCUT2D eigenvalue weighted by Crippen LogP contribution is 2.35. The fourth-order valence-corrected chi connectivity index (χ4v) is 1.72. The predicted octanol–water partition coefficient (Wildman–Crippen LogP) is 0.0882. The second kappa shape index (κ2) is 20.4. The van der Waals surface area contributed by atoms with E-state index < -0.39 is 15.6 Å². The molecule has 0 rings (SSSR count). The largest absolute Gasteiger partial charge is 0.469 e. The number of hydrogen-bond acceptors (Lipinski definition) is 6. The molecule has 0 atom stereocenters. The molecule has 0 bridgehead atoms. The molecule has 11 nitrogen and oxygen atoms in total. The average Bonchev–Trinajstić information content (AvgIpc) is 2.45. The summed E-state index contributed by atoms with van der Waals surface area (Å²) in [5, 5.41) is 19.1. The average molecular weight is 413 g/mol. The SMILES string of the molecule is CCCCCCCCOP(=O)(O)O.O=P(O)(O)O.OCCNCCO. The van der Waals surface area contributed by atoms with Crippen molar-refractivity contribution in [3.8, 4) is 0 Å². The Balaban J connectivity index is -0.000000337. The van der Waals surface area contributed by atoms with Crippen molar-refractivity contribution >= 4 is 15.6 Å². The maximum absolute atomic E-state index is 10.2. The molecule has 0 spiro atoms. The minimum atomic E-state index is -4.64. The van der Waals surface area contributed by atoms with Crippen LogP contribution in [0.25, 0.3) is 0 Å². The van der Waals surface area contributed by atoms with Gasteiger partial charge in [-0.15, -0.1) is 0 Å². The van der Waals surface area contributed by atoms with E-state index >= 15 is 0 Å². The summed E-state index contributed by atoms with van der Waals surface area (Å²) in [5.41, 5.74) is 0. The molecule has 25 heavy (non-hydrogen) atoms. The van der Waals surface area contributed by atoms with Crippen molar-refractivity contribution in [2.45, 2.75) is 45.4 Å². The summed E-state index contributed by atoms with van der Waals surface area (Å²) in [7, 11) is -8.87. The molecule has 0 aliphatic heterocycles. The van der Waals surface area contributed by atoms with E-state index in [2.05, 4.69) is 16.8 Å². The van der Waals surface area contributed by atoms with E-state index in [4.69, 9.17) is 39.2 Å². The summed E-state index contributed by atoms with van der Waals surface area (Å²) in [6, 6.07) is 0. The third-order valence-corrected chi connectivity index (χ3v) is 2.85. The number of unbranched alkanes of at least 4 members (excludes halogenated alkanes) is 5. The molecule has 156 valence electrons. The van der Waals surface area contributed by atoms with Gasteiger partial charge in [0.15, 0.2) is 0 Å². The number of phosphoric ester groups is 1. The number of aliphatic hydroxyl groups is 2. The van der Waals surface area contributed by atoms with Crippen LogP contribution in [0.4, 0.5) is 0 Å². The van der Waals surface area contributed by atoms with Crippen molar-refractivity contribution < 1.29 is 48.3 Å². The van der Waals surface area contributed by atoms with Gasteiger partial charge in [0.1, 0.15) is 0 Å². The zero-order valence-corrected chi connectivity index (χ0v) is 16.3. The van der Waals surface area contributed by atoms with Gasteiger partial charge in [-0.2, -0.15) is 0 Å². The Kier molecular flexibility index (Phi) is 24.4. The third-order valence-electron chi connectivity index (χ3n) is 2.33. The number of rotatable bonds is 12. The minimum Gasteiger partial charge on any atom is -0.395 e. The molecular weight excluding hydrogens is 380 g/mol. The van der Waals surface area contributed by atoms with Crippen LogP contribution >= 0.6 is 15.6 Å². The molecule has 0 saturated heterocycles. The zero-order chi connectivity index (χ0) is 20.2. The monoisotopic (exact) mass is 413 g/mol. The number of phosphoric acid groups is 2. The van der Waals surface area contributed by atoms with Crippen LogP contribution in [0.15, 0.2) is 0 Å². The van der Waals surface area contributed by atoms with Gasteiger partial charge in [0, 0.05) is 13.1 Å². The van der Waals surface area contributed by atoms with Crippen LogP contribution in [0.5, 0.6) is 0 Å². The predicted molar refractivity (Wildman–Crippen MR) is 92.7 cm³/mol. The lowest BCUT2D eigenvalue weighted by Crippen LogP contribution is -2.21. The zero-order valence-electron chi connectivity index (χ0n) is 14.5. The summed E-state index contributed by atoms with van der Waals surface area (Å²) < 4.78 is 23.4. The van der Waals surface area contributed by atoms with Crippen LogP contribution in [0.1, 0.15) is 45.4 Å². The van der Waals surface area contributed by atoms with Crippen molar-refractivity contribution in [2.24, 2.45) is 0 Å².